The standard InChI is InChI=1S/C20H30O/c1-5-16(4)19(17-9-7-6-8-10-17)20(21)18-12-14(2)11-15(3)13-18/h6-10,14-16,18-19H,5,11-13H2,1-4H3. The van der Waals surface area contributed by atoms with E-state index in [2.05, 4.69) is 52.0 Å². The zero-order valence-electron chi connectivity index (χ0n) is 14.0. The average molecular weight is 286 g/mol. The van der Waals surface area contributed by atoms with Crippen LogP contribution in [0.2, 0.25) is 0 Å². The number of hydrogen-bond donors (Lipinski definition) is 0. The molecule has 2 rings (SSSR count). The van der Waals surface area contributed by atoms with Gasteiger partial charge in [-0.25, -0.2) is 0 Å². The second-order valence-corrected chi connectivity index (χ2v) is 7.29. The third-order valence-electron chi connectivity index (χ3n) is 5.26. The maximum absolute atomic E-state index is 13.2. The van der Waals surface area contributed by atoms with E-state index < -0.39 is 0 Å². The number of ketones is 1. The Bertz CT molecular complexity index is 440. The molecule has 0 bridgehead atoms. The van der Waals surface area contributed by atoms with Crippen molar-refractivity contribution in [2.45, 2.75) is 59.3 Å². The van der Waals surface area contributed by atoms with Crippen LogP contribution in [0.25, 0.3) is 0 Å². The summed E-state index contributed by atoms with van der Waals surface area (Å²) in [6, 6.07) is 10.4. The Hall–Kier alpha value is -1.11. The van der Waals surface area contributed by atoms with Gasteiger partial charge in [0.25, 0.3) is 0 Å². The third kappa shape index (κ3) is 3.96. The van der Waals surface area contributed by atoms with Crippen LogP contribution in [0.5, 0.6) is 0 Å². The van der Waals surface area contributed by atoms with Crippen LogP contribution in [-0.4, -0.2) is 5.78 Å². The van der Waals surface area contributed by atoms with Crippen LogP contribution in [0.15, 0.2) is 30.3 Å². The Morgan fingerprint density at radius 2 is 1.67 bits per heavy atom. The zero-order valence-corrected chi connectivity index (χ0v) is 14.0. The van der Waals surface area contributed by atoms with Gasteiger partial charge < -0.3 is 0 Å². The van der Waals surface area contributed by atoms with Gasteiger partial charge in [0, 0.05) is 11.8 Å². The molecule has 1 aromatic rings. The monoisotopic (exact) mass is 286 g/mol. The van der Waals surface area contributed by atoms with Gasteiger partial charge in [-0.15, -0.1) is 0 Å². The van der Waals surface area contributed by atoms with E-state index in [1.54, 1.807) is 0 Å². The summed E-state index contributed by atoms with van der Waals surface area (Å²) in [7, 11) is 0. The van der Waals surface area contributed by atoms with E-state index in [1.165, 1.54) is 12.0 Å². The molecule has 0 spiro atoms. The van der Waals surface area contributed by atoms with E-state index in [9.17, 15) is 4.79 Å². The van der Waals surface area contributed by atoms with Crippen LogP contribution < -0.4 is 0 Å². The van der Waals surface area contributed by atoms with E-state index in [-0.39, 0.29) is 11.8 Å². The van der Waals surface area contributed by atoms with Gasteiger partial charge in [0.1, 0.15) is 5.78 Å². The molecule has 0 radical (unpaired) electrons. The Labute approximate surface area is 130 Å². The summed E-state index contributed by atoms with van der Waals surface area (Å²) in [5, 5.41) is 0. The quantitative estimate of drug-likeness (QED) is 0.702. The summed E-state index contributed by atoms with van der Waals surface area (Å²) in [6.45, 7) is 9.03. The highest BCUT2D eigenvalue weighted by molar-refractivity contribution is 5.88. The van der Waals surface area contributed by atoms with Crippen molar-refractivity contribution in [2.75, 3.05) is 0 Å². The first-order valence-corrected chi connectivity index (χ1v) is 8.61. The normalized spacial score (nSPS) is 28.9. The lowest BCUT2D eigenvalue weighted by Gasteiger charge is -2.34. The fraction of sp³-hybridized carbons (Fsp3) is 0.650. The molecular weight excluding hydrogens is 256 g/mol. The second kappa shape index (κ2) is 7.24. The van der Waals surface area contributed by atoms with Crippen molar-refractivity contribution in [3.05, 3.63) is 35.9 Å². The second-order valence-electron chi connectivity index (χ2n) is 7.29. The highest BCUT2D eigenvalue weighted by atomic mass is 16.1. The number of rotatable bonds is 5. The maximum atomic E-state index is 13.2. The molecule has 1 aliphatic rings. The molecule has 1 saturated carbocycles. The first-order valence-electron chi connectivity index (χ1n) is 8.61. The predicted molar refractivity (Wildman–Crippen MR) is 89.3 cm³/mol. The summed E-state index contributed by atoms with van der Waals surface area (Å²) in [4.78, 5) is 13.2. The van der Waals surface area contributed by atoms with Crippen LogP contribution in [0.3, 0.4) is 0 Å². The number of hydrogen-bond acceptors (Lipinski definition) is 1. The number of carbonyl (C=O) groups excluding carboxylic acids is 1. The van der Waals surface area contributed by atoms with E-state index >= 15 is 0 Å². The van der Waals surface area contributed by atoms with E-state index in [0.29, 0.717) is 23.5 Å². The van der Waals surface area contributed by atoms with Gasteiger partial charge in [0.15, 0.2) is 0 Å². The van der Waals surface area contributed by atoms with Crippen molar-refractivity contribution >= 4 is 5.78 Å². The number of Topliss-reactive ketones (excluding diaryl/α,β-unsaturated/α-hetero) is 1. The summed E-state index contributed by atoms with van der Waals surface area (Å²) in [5.74, 6) is 2.65. The Kier molecular flexibility index (Phi) is 5.61. The van der Waals surface area contributed by atoms with Gasteiger partial charge in [0.05, 0.1) is 0 Å². The Morgan fingerprint density at radius 1 is 1.10 bits per heavy atom. The smallest absolute Gasteiger partial charge is 0.143 e. The molecule has 1 aliphatic carbocycles. The van der Waals surface area contributed by atoms with Crippen LogP contribution >= 0.6 is 0 Å². The molecule has 0 heterocycles. The van der Waals surface area contributed by atoms with Crippen molar-refractivity contribution in [3.8, 4) is 0 Å². The lowest BCUT2D eigenvalue weighted by Crippen LogP contribution is -2.32. The minimum absolute atomic E-state index is 0.0821. The van der Waals surface area contributed by atoms with E-state index in [4.69, 9.17) is 0 Å². The number of benzene rings is 1. The lowest BCUT2D eigenvalue weighted by molar-refractivity contribution is -0.127. The summed E-state index contributed by atoms with van der Waals surface area (Å²) in [5.41, 5.74) is 1.21. The van der Waals surface area contributed by atoms with Gasteiger partial charge in [-0.3, -0.25) is 4.79 Å². The van der Waals surface area contributed by atoms with Gasteiger partial charge in [-0.2, -0.15) is 0 Å². The minimum Gasteiger partial charge on any atom is -0.299 e. The molecule has 0 amide bonds. The molecule has 1 fully saturated rings. The molecule has 4 unspecified atom stereocenters. The molecule has 4 atom stereocenters. The Morgan fingerprint density at radius 3 is 2.19 bits per heavy atom. The topological polar surface area (TPSA) is 17.1 Å². The van der Waals surface area contributed by atoms with Crippen molar-refractivity contribution in [3.63, 3.8) is 0 Å². The van der Waals surface area contributed by atoms with Crippen LogP contribution in [0.4, 0.5) is 0 Å². The van der Waals surface area contributed by atoms with Crippen molar-refractivity contribution in [1.82, 2.24) is 0 Å². The fourth-order valence-electron chi connectivity index (χ4n) is 4.10. The molecule has 116 valence electrons. The SMILES string of the molecule is CCC(C)C(C(=O)C1CC(C)CC(C)C1)c1ccccc1. The largest absolute Gasteiger partial charge is 0.299 e. The number of carbonyl (C=O) groups is 1. The zero-order chi connectivity index (χ0) is 15.4. The predicted octanol–water partition coefficient (Wildman–Crippen LogP) is 5.46. The van der Waals surface area contributed by atoms with Crippen LogP contribution in [0.1, 0.15) is 64.9 Å². The molecule has 0 saturated heterocycles. The van der Waals surface area contributed by atoms with Crippen molar-refractivity contribution in [2.24, 2.45) is 23.7 Å². The van der Waals surface area contributed by atoms with Crippen LogP contribution in [-0.2, 0) is 4.79 Å². The lowest BCUT2D eigenvalue weighted by atomic mass is 9.69. The van der Waals surface area contributed by atoms with Gasteiger partial charge in [0.2, 0.25) is 0 Å². The maximum Gasteiger partial charge on any atom is 0.143 e. The summed E-state index contributed by atoms with van der Waals surface area (Å²) >= 11 is 0. The molecule has 1 heteroatoms. The average Bonchev–Trinajstić information content (AvgIpc) is 2.47. The first kappa shape index (κ1) is 16.3. The highest BCUT2D eigenvalue weighted by Gasteiger charge is 2.35. The van der Waals surface area contributed by atoms with Crippen molar-refractivity contribution < 1.29 is 4.79 Å². The third-order valence-corrected chi connectivity index (χ3v) is 5.26. The first-order chi connectivity index (χ1) is 10.0. The fourth-order valence-corrected chi connectivity index (χ4v) is 4.10. The van der Waals surface area contributed by atoms with Crippen LogP contribution in [0, 0.1) is 23.7 Å². The molecule has 0 N–H and O–H groups in total. The molecule has 1 aromatic carbocycles. The molecule has 21 heavy (non-hydrogen) atoms. The van der Waals surface area contributed by atoms with Crippen molar-refractivity contribution in [1.29, 1.82) is 0 Å². The van der Waals surface area contributed by atoms with E-state index in [0.717, 1.165) is 19.3 Å². The molecular formula is C20H30O. The molecule has 0 aromatic heterocycles. The summed E-state index contributed by atoms with van der Waals surface area (Å²) < 4.78 is 0. The Balaban J connectivity index is 2.22. The minimum atomic E-state index is 0.0821. The van der Waals surface area contributed by atoms with Gasteiger partial charge in [-0.1, -0.05) is 64.4 Å². The molecule has 1 nitrogen and oxygen atoms in total. The van der Waals surface area contributed by atoms with Gasteiger partial charge in [-0.05, 0) is 42.6 Å². The summed E-state index contributed by atoms with van der Waals surface area (Å²) in [6.07, 6.45) is 4.51. The van der Waals surface area contributed by atoms with Gasteiger partial charge >= 0.3 is 0 Å². The molecule has 0 aliphatic heterocycles. The highest BCUT2D eigenvalue weighted by Crippen LogP contribution is 2.39. The van der Waals surface area contributed by atoms with E-state index in [1.807, 2.05) is 6.07 Å².